The van der Waals surface area contributed by atoms with Crippen LogP contribution in [0.25, 0.3) is 6.08 Å². The Bertz CT molecular complexity index is 884. The van der Waals surface area contributed by atoms with Crippen molar-refractivity contribution in [3.63, 3.8) is 0 Å². The number of carbonyl (C=O) groups excluding carboxylic acids is 2. The zero-order valence-corrected chi connectivity index (χ0v) is 16.3. The Kier molecular flexibility index (Phi) is 5.51. The molecule has 0 aromatic heterocycles. The van der Waals surface area contributed by atoms with E-state index in [1.54, 1.807) is 37.5 Å². The van der Waals surface area contributed by atoms with Crippen LogP contribution in [0.4, 0.5) is 4.79 Å². The van der Waals surface area contributed by atoms with E-state index in [1.807, 2.05) is 18.2 Å². The van der Waals surface area contributed by atoms with E-state index in [1.165, 1.54) is 4.90 Å². The molecule has 2 aromatic rings. The molecule has 1 fully saturated rings. The number of hydrogen-bond donors (Lipinski definition) is 0. The van der Waals surface area contributed by atoms with Crippen molar-refractivity contribution in [3.8, 4) is 5.75 Å². The molecule has 128 valence electrons. The van der Waals surface area contributed by atoms with E-state index in [0.29, 0.717) is 15.7 Å². The summed E-state index contributed by atoms with van der Waals surface area (Å²) >= 11 is 10.4. The summed E-state index contributed by atoms with van der Waals surface area (Å²) in [6.07, 6.45) is 1.67. The fourth-order valence-corrected chi connectivity index (χ4v) is 3.80. The molecular formula is C18H13BrClNO3S. The smallest absolute Gasteiger partial charge is 0.293 e. The quantitative estimate of drug-likeness (QED) is 0.604. The maximum Gasteiger partial charge on any atom is 0.293 e. The minimum atomic E-state index is -0.336. The average molecular weight is 439 g/mol. The van der Waals surface area contributed by atoms with Crippen molar-refractivity contribution >= 4 is 56.5 Å². The second-order valence-corrected chi connectivity index (χ2v) is 7.56. The Morgan fingerprint density at radius 2 is 2.00 bits per heavy atom. The highest BCUT2D eigenvalue weighted by atomic mass is 79.9. The zero-order valence-electron chi connectivity index (χ0n) is 13.2. The first-order chi connectivity index (χ1) is 12.0. The largest absolute Gasteiger partial charge is 0.496 e. The van der Waals surface area contributed by atoms with Crippen LogP contribution in [0, 0.1) is 0 Å². The van der Waals surface area contributed by atoms with Gasteiger partial charge in [-0.2, -0.15) is 0 Å². The molecule has 0 spiro atoms. The molecule has 25 heavy (non-hydrogen) atoms. The van der Waals surface area contributed by atoms with Gasteiger partial charge in [-0.1, -0.05) is 45.7 Å². The van der Waals surface area contributed by atoms with Gasteiger partial charge in [0.25, 0.3) is 11.1 Å². The van der Waals surface area contributed by atoms with Crippen molar-refractivity contribution in [3.05, 3.63) is 68.0 Å². The molecule has 1 aliphatic rings. The molecule has 0 bridgehead atoms. The summed E-state index contributed by atoms with van der Waals surface area (Å²) in [5.74, 6) is 0.290. The molecule has 0 unspecified atom stereocenters. The summed E-state index contributed by atoms with van der Waals surface area (Å²) in [6.45, 7) is 0.150. The van der Waals surface area contributed by atoms with Gasteiger partial charge in [-0.15, -0.1) is 0 Å². The highest BCUT2D eigenvalue weighted by molar-refractivity contribution is 9.10. The second-order valence-electron chi connectivity index (χ2n) is 5.25. The Balaban J connectivity index is 1.89. The van der Waals surface area contributed by atoms with Crippen LogP contribution in [-0.4, -0.2) is 23.2 Å². The van der Waals surface area contributed by atoms with E-state index in [-0.39, 0.29) is 17.7 Å². The number of rotatable bonds is 4. The van der Waals surface area contributed by atoms with Gasteiger partial charge in [-0.25, -0.2) is 0 Å². The van der Waals surface area contributed by atoms with Crippen LogP contribution in [0.1, 0.15) is 11.1 Å². The number of amides is 2. The van der Waals surface area contributed by atoms with Crippen molar-refractivity contribution in [1.29, 1.82) is 0 Å². The standard InChI is InChI=1S/C18H13BrClNO3S/c1-24-15-7-6-13(19)8-12(15)9-16-17(22)21(18(23)25-16)10-11-4-2-3-5-14(11)20/h2-9H,10H2,1H3/b16-9-. The SMILES string of the molecule is COc1ccc(Br)cc1/C=C1\SC(=O)N(Cc2ccccc2Cl)C1=O. The van der Waals surface area contributed by atoms with Crippen molar-refractivity contribution in [2.24, 2.45) is 0 Å². The average Bonchev–Trinajstić information content (AvgIpc) is 2.84. The Hall–Kier alpha value is -1.76. The number of benzene rings is 2. The van der Waals surface area contributed by atoms with Crippen LogP contribution in [0.5, 0.6) is 5.75 Å². The predicted molar refractivity (Wildman–Crippen MR) is 104 cm³/mol. The van der Waals surface area contributed by atoms with Crippen molar-refractivity contribution in [2.75, 3.05) is 7.11 Å². The van der Waals surface area contributed by atoms with Crippen molar-refractivity contribution in [1.82, 2.24) is 4.90 Å². The number of carbonyl (C=O) groups is 2. The van der Waals surface area contributed by atoms with Gasteiger partial charge in [0, 0.05) is 15.1 Å². The van der Waals surface area contributed by atoms with Crippen LogP contribution < -0.4 is 4.74 Å². The van der Waals surface area contributed by atoms with E-state index in [9.17, 15) is 9.59 Å². The number of thioether (sulfide) groups is 1. The maximum absolute atomic E-state index is 12.6. The van der Waals surface area contributed by atoms with Crippen molar-refractivity contribution in [2.45, 2.75) is 6.54 Å². The molecule has 0 saturated carbocycles. The maximum atomic E-state index is 12.6. The Morgan fingerprint density at radius 3 is 2.72 bits per heavy atom. The number of methoxy groups -OCH3 is 1. The Labute approximate surface area is 162 Å². The number of ether oxygens (including phenoxy) is 1. The van der Waals surface area contributed by atoms with Crippen LogP contribution in [0.2, 0.25) is 5.02 Å². The molecule has 1 aliphatic heterocycles. The van der Waals surface area contributed by atoms with E-state index in [4.69, 9.17) is 16.3 Å². The topological polar surface area (TPSA) is 46.6 Å². The summed E-state index contributed by atoms with van der Waals surface area (Å²) in [5.41, 5.74) is 1.45. The second kappa shape index (κ2) is 7.64. The highest BCUT2D eigenvalue weighted by Crippen LogP contribution is 2.36. The van der Waals surface area contributed by atoms with E-state index in [2.05, 4.69) is 15.9 Å². The highest BCUT2D eigenvalue weighted by Gasteiger charge is 2.35. The minimum absolute atomic E-state index is 0.150. The van der Waals surface area contributed by atoms with Crippen LogP contribution in [0.15, 0.2) is 51.8 Å². The lowest BCUT2D eigenvalue weighted by Gasteiger charge is -2.13. The summed E-state index contributed by atoms with van der Waals surface area (Å²) in [7, 11) is 1.56. The minimum Gasteiger partial charge on any atom is -0.496 e. The summed E-state index contributed by atoms with van der Waals surface area (Å²) in [5, 5.41) is 0.212. The van der Waals surface area contributed by atoms with Gasteiger partial charge in [-0.3, -0.25) is 14.5 Å². The number of halogens is 2. The Morgan fingerprint density at radius 1 is 1.24 bits per heavy atom. The lowest BCUT2D eigenvalue weighted by Crippen LogP contribution is -2.27. The number of hydrogen-bond acceptors (Lipinski definition) is 4. The normalized spacial score (nSPS) is 16.0. The zero-order chi connectivity index (χ0) is 18.0. The van der Waals surface area contributed by atoms with Gasteiger partial charge >= 0.3 is 0 Å². The van der Waals surface area contributed by atoms with Crippen LogP contribution in [-0.2, 0) is 11.3 Å². The molecule has 2 amide bonds. The number of nitrogens with zero attached hydrogens (tertiary/aromatic N) is 1. The van der Waals surface area contributed by atoms with E-state index < -0.39 is 0 Å². The first-order valence-electron chi connectivity index (χ1n) is 7.32. The fourth-order valence-electron chi connectivity index (χ4n) is 2.39. The third kappa shape index (κ3) is 3.92. The molecule has 3 rings (SSSR count). The summed E-state index contributed by atoms with van der Waals surface area (Å²) in [6, 6.07) is 12.6. The molecule has 1 heterocycles. The molecule has 0 radical (unpaired) electrons. The lowest BCUT2D eigenvalue weighted by atomic mass is 10.1. The molecule has 0 N–H and O–H groups in total. The van der Waals surface area contributed by atoms with Gasteiger partial charge < -0.3 is 4.74 Å². The van der Waals surface area contributed by atoms with Gasteiger partial charge in [0.2, 0.25) is 0 Å². The van der Waals surface area contributed by atoms with Crippen molar-refractivity contribution < 1.29 is 14.3 Å². The lowest BCUT2D eigenvalue weighted by molar-refractivity contribution is -0.123. The van der Waals surface area contributed by atoms with E-state index in [0.717, 1.165) is 27.4 Å². The number of imide groups is 1. The van der Waals surface area contributed by atoms with Gasteiger partial charge in [0.1, 0.15) is 5.75 Å². The summed E-state index contributed by atoms with van der Waals surface area (Å²) < 4.78 is 6.17. The third-order valence-electron chi connectivity index (χ3n) is 3.64. The summed E-state index contributed by atoms with van der Waals surface area (Å²) in [4.78, 5) is 26.5. The van der Waals surface area contributed by atoms with E-state index >= 15 is 0 Å². The van der Waals surface area contributed by atoms with Crippen LogP contribution in [0.3, 0.4) is 0 Å². The molecule has 0 atom stereocenters. The van der Waals surface area contributed by atoms with Gasteiger partial charge in [0.05, 0.1) is 18.6 Å². The predicted octanol–water partition coefficient (Wildman–Crippen LogP) is 5.35. The third-order valence-corrected chi connectivity index (χ3v) is 5.41. The molecular weight excluding hydrogens is 426 g/mol. The van der Waals surface area contributed by atoms with Crippen LogP contribution >= 0.6 is 39.3 Å². The fraction of sp³-hybridized carbons (Fsp3) is 0.111. The molecule has 0 aliphatic carbocycles. The monoisotopic (exact) mass is 437 g/mol. The first kappa shape index (κ1) is 18.0. The molecule has 2 aromatic carbocycles. The van der Waals surface area contributed by atoms with Gasteiger partial charge in [-0.05, 0) is 47.7 Å². The van der Waals surface area contributed by atoms with Gasteiger partial charge in [0.15, 0.2) is 0 Å². The molecule has 7 heteroatoms. The molecule has 4 nitrogen and oxygen atoms in total. The first-order valence-corrected chi connectivity index (χ1v) is 9.30. The molecule has 1 saturated heterocycles.